The van der Waals surface area contributed by atoms with E-state index < -0.39 is 0 Å². The second kappa shape index (κ2) is 6.24. The zero-order valence-corrected chi connectivity index (χ0v) is 11.1. The van der Waals surface area contributed by atoms with E-state index in [1.165, 1.54) is 0 Å². The number of hydrogen-bond acceptors (Lipinski definition) is 2. The Morgan fingerprint density at radius 1 is 1.50 bits per heavy atom. The lowest BCUT2D eigenvalue weighted by molar-refractivity contribution is -0.137. The van der Waals surface area contributed by atoms with Crippen LogP contribution in [-0.4, -0.2) is 37.0 Å². The lowest BCUT2D eigenvalue weighted by atomic mass is 9.89. The molecular formula is C13H26N2O. The molecule has 94 valence electrons. The number of nitrogens with zero attached hydrogens (tertiary/aromatic N) is 1. The van der Waals surface area contributed by atoms with E-state index in [4.69, 9.17) is 0 Å². The quantitative estimate of drug-likeness (QED) is 0.794. The SMILES string of the molecule is CCC(C)C(=O)N1CCC(NC)C(CC)C1. The van der Waals surface area contributed by atoms with Crippen LogP contribution >= 0.6 is 0 Å². The van der Waals surface area contributed by atoms with Crippen LogP contribution < -0.4 is 5.32 Å². The van der Waals surface area contributed by atoms with E-state index in [1.54, 1.807) is 0 Å². The van der Waals surface area contributed by atoms with E-state index in [1.807, 2.05) is 14.0 Å². The van der Waals surface area contributed by atoms with Crippen LogP contribution in [0.15, 0.2) is 0 Å². The standard InChI is InChI=1S/C13H26N2O/c1-5-10(3)13(16)15-8-7-12(14-4)11(6-2)9-15/h10-12,14H,5-9H2,1-4H3. The molecule has 1 amide bonds. The van der Waals surface area contributed by atoms with Crippen molar-refractivity contribution in [1.29, 1.82) is 0 Å². The minimum absolute atomic E-state index is 0.184. The first kappa shape index (κ1) is 13.5. The molecular weight excluding hydrogens is 200 g/mol. The van der Waals surface area contributed by atoms with Gasteiger partial charge < -0.3 is 10.2 Å². The van der Waals surface area contributed by atoms with Gasteiger partial charge in [0.1, 0.15) is 0 Å². The monoisotopic (exact) mass is 226 g/mol. The first-order chi connectivity index (χ1) is 7.63. The molecule has 1 aliphatic heterocycles. The van der Waals surface area contributed by atoms with E-state index in [2.05, 4.69) is 24.1 Å². The van der Waals surface area contributed by atoms with Crippen LogP contribution in [0.3, 0.4) is 0 Å². The first-order valence-electron chi connectivity index (χ1n) is 6.60. The molecule has 0 saturated carbocycles. The van der Waals surface area contributed by atoms with Crippen LogP contribution in [0, 0.1) is 11.8 Å². The zero-order chi connectivity index (χ0) is 12.1. The van der Waals surface area contributed by atoms with E-state index in [-0.39, 0.29) is 5.92 Å². The second-order valence-electron chi connectivity index (χ2n) is 4.95. The number of rotatable bonds is 4. The number of nitrogens with one attached hydrogen (secondary N) is 1. The average molecular weight is 226 g/mol. The van der Waals surface area contributed by atoms with Crippen molar-refractivity contribution >= 4 is 5.91 Å². The Kier molecular flexibility index (Phi) is 5.26. The largest absolute Gasteiger partial charge is 0.342 e. The van der Waals surface area contributed by atoms with Crippen LogP contribution in [0.1, 0.15) is 40.0 Å². The molecule has 0 aromatic carbocycles. The van der Waals surface area contributed by atoms with Gasteiger partial charge in [-0.1, -0.05) is 27.2 Å². The van der Waals surface area contributed by atoms with Crippen LogP contribution in [0.5, 0.6) is 0 Å². The summed E-state index contributed by atoms with van der Waals surface area (Å²) < 4.78 is 0. The van der Waals surface area contributed by atoms with Gasteiger partial charge in [0, 0.05) is 25.0 Å². The van der Waals surface area contributed by atoms with Crippen molar-refractivity contribution in [1.82, 2.24) is 10.2 Å². The van der Waals surface area contributed by atoms with E-state index in [0.29, 0.717) is 17.9 Å². The fraction of sp³-hybridized carbons (Fsp3) is 0.923. The lowest BCUT2D eigenvalue weighted by Crippen LogP contribution is -2.51. The highest BCUT2D eigenvalue weighted by Crippen LogP contribution is 2.21. The van der Waals surface area contributed by atoms with E-state index in [9.17, 15) is 4.79 Å². The molecule has 16 heavy (non-hydrogen) atoms. The fourth-order valence-corrected chi connectivity index (χ4v) is 2.51. The summed E-state index contributed by atoms with van der Waals surface area (Å²) in [4.78, 5) is 14.2. The van der Waals surface area contributed by atoms with Crippen molar-refractivity contribution < 1.29 is 4.79 Å². The van der Waals surface area contributed by atoms with Crippen LogP contribution in [-0.2, 0) is 4.79 Å². The summed E-state index contributed by atoms with van der Waals surface area (Å²) in [5.74, 6) is 1.14. The summed E-state index contributed by atoms with van der Waals surface area (Å²) >= 11 is 0. The Labute approximate surface area is 99.6 Å². The van der Waals surface area contributed by atoms with Gasteiger partial charge in [0.15, 0.2) is 0 Å². The summed E-state index contributed by atoms with van der Waals surface area (Å²) in [6, 6.07) is 0.589. The van der Waals surface area contributed by atoms with E-state index >= 15 is 0 Å². The summed E-state index contributed by atoms with van der Waals surface area (Å²) in [7, 11) is 2.03. The van der Waals surface area contributed by atoms with Crippen LogP contribution in [0.2, 0.25) is 0 Å². The Balaban J connectivity index is 2.56. The molecule has 1 aliphatic rings. The molecule has 1 N–H and O–H groups in total. The molecule has 1 fully saturated rings. The number of amides is 1. The summed E-state index contributed by atoms with van der Waals surface area (Å²) in [5, 5.41) is 3.37. The van der Waals surface area contributed by atoms with Gasteiger partial charge in [-0.05, 0) is 25.8 Å². The molecule has 3 unspecified atom stereocenters. The van der Waals surface area contributed by atoms with Crippen molar-refractivity contribution in [3.05, 3.63) is 0 Å². The molecule has 0 bridgehead atoms. The zero-order valence-electron chi connectivity index (χ0n) is 11.1. The number of hydrogen-bond donors (Lipinski definition) is 1. The molecule has 0 spiro atoms. The number of piperidine rings is 1. The van der Waals surface area contributed by atoms with Gasteiger partial charge >= 0.3 is 0 Å². The molecule has 0 radical (unpaired) electrons. The number of likely N-dealkylation sites (tertiary alicyclic amines) is 1. The third-order valence-electron chi connectivity index (χ3n) is 3.97. The highest BCUT2D eigenvalue weighted by Gasteiger charge is 2.30. The van der Waals surface area contributed by atoms with Crippen LogP contribution in [0.25, 0.3) is 0 Å². The Morgan fingerprint density at radius 2 is 2.19 bits per heavy atom. The summed E-state index contributed by atoms with van der Waals surface area (Å²) in [6.07, 6.45) is 3.19. The topological polar surface area (TPSA) is 32.3 Å². The molecule has 1 saturated heterocycles. The van der Waals surface area contributed by atoms with Gasteiger partial charge in [0.2, 0.25) is 5.91 Å². The Morgan fingerprint density at radius 3 is 2.69 bits per heavy atom. The fourth-order valence-electron chi connectivity index (χ4n) is 2.51. The van der Waals surface area contributed by atoms with Gasteiger partial charge in [0.05, 0.1) is 0 Å². The van der Waals surface area contributed by atoms with Crippen molar-refractivity contribution in [2.45, 2.75) is 46.1 Å². The van der Waals surface area contributed by atoms with Crippen molar-refractivity contribution in [3.63, 3.8) is 0 Å². The first-order valence-corrected chi connectivity index (χ1v) is 6.60. The maximum Gasteiger partial charge on any atom is 0.225 e. The lowest BCUT2D eigenvalue weighted by Gasteiger charge is -2.39. The molecule has 0 aromatic rings. The molecule has 3 atom stereocenters. The van der Waals surface area contributed by atoms with Crippen molar-refractivity contribution in [2.75, 3.05) is 20.1 Å². The third-order valence-corrected chi connectivity index (χ3v) is 3.97. The van der Waals surface area contributed by atoms with Crippen molar-refractivity contribution in [2.24, 2.45) is 11.8 Å². The maximum absolute atomic E-state index is 12.1. The van der Waals surface area contributed by atoms with E-state index in [0.717, 1.165) is 32.4 Å². The highest BCUT2D eigenvalue weighted by molar-refractivity contribution is 5.78. The minimum atomic E-state index is 0.184. The molecule has 0 aromatic heterocycles. The van der Waals surface area contributed by atoms with Gasteiger partial charge in [-0.15, -0.1) is 0 Å². The summed E-state index contributed by atoms with van der Waals surface area (Å²) in [6.45, 7) is 8.19. The molecule has 1 heterocycles. The highest BCUT2D eigenvalue weighted by atomic mass is 16.2. The molecule has 3 heteroatoms. The minimum Gasteiger partial charge on any atom is -0.342 e. The van der Waals surface area contributed by atoms with Gasteiger partial charge in [-0.25, -0.2) is 0 Å². The maximum atomic E-state index is 12.1. The second-order valence-corrected chi connectivity index (χ2v) is 4.95. The average Bonchev–Trinajstić information content (AvgIpc) is 2.35. The number of carbonyl (C=O) groups excluding carboxylic acids is 1. The third kappa shape index (κ3) is 2.97. The van der Waals surface area contributed by atoms with Gasteiger partial charge in [0.25, 0.3) is 0 Å². The van der Waals surface area contributed by atoms with Gasteiger partial charge in [-0.3, -0.25) is 4.79 Å². The Bertz CT molecular complexity index is 230. The molecule has 1 rings (SSSR count). The van der Waals surface area contributed by atoms with Crippen molar-refractivity contribution in [3.8, 4) is 0 Å². The predicted molar refractivity (Wildman–Crippen MR) is 67.3 cm³/mol. The summed E-state index contributed by atoms with van der Waals surface area (Å²) in [5.41, 5.74) is 0. The van der Waals surface area contributed by atoms with Crippen LogP contribution in [0.4, 0.5) is 0 Å². The smallest absolute Gasteiger partial charge is 0.225 e. The Hall–Kier alpha value is -0.570. The van der Waals surface area contributed by atoms with Gasteiger partial charge in [-0.2, -0.15) is 0 Å². The number of carbonyl (C=O) groups is 1. The molecule has 0 aliphatic carbocycles. The normalized spacial score (nSPS) is 27.9. The predicted octanol–water partition coefficient (Wildman–Crippen LogP) is 1.88. The molecule has 3 nitrogen and oxygen atoms in total.